The molecule has 1 saturated carbocycles. The van der Waals surface area contributed by atoms with E-state index in [4.69, 9.17) is 4.74 Å². The van der Waals surface area contributed by atoms with Crippen LogP contribution in [0, 0.1) is 36.1 Å². The Hall–Kier alpha value is -2.04. The summed E-state index contributed by atoms with van der Waals surface area (Å²) in [5.74, 6) is -2.83. The van der Waals surface area contributed by atoms with Crippen molar-refractivity contribution in [1.82, 2.24) is 0 Å². The number of halogens is 4. The lowest BCUT2D eigenvalue weighted by Gasteiger charge is -2.29. The van der Waals surface area contributed by atoms with Crippen LogP contribution in [0.2, 0.25) is 0 Å². The SMILES string of the molecule is CCCCCCCCOc1ccc(C2CCC(CCc3ccc(C)c(F)c3F)CC2)c(F)c1F. The van der Waals surface area contributed by atoms with E-state index in [2.05, 4.69) is 6.92 Å². The molecule has 0 aromatic heterocycles. The predicted molar refractivity (Wildman–Crippen MR) is 129 cm³/mol. The van der Waals surface area contributed by atoms with Gasteiger partial charge in [-0.1, -0.05) is 57.2 Å². The molecule has 1 nitrogen and oxygen atoms in total. The van der Waals surface area contributed by atoms with Gasteiger partial charge in [-0.2, -0.15) is 4.39 Å². The second-order valence-electron chi connectivity index (χ2n) is 9.82. The Morgan fingerprint density at radius 3 is 2.21 bits per heavy atom. The van der Waals surface area contributed by atoms with Gasteiger partial charge in [0.1, 0.15) is 0 Å². The van der Waals surface area contributed by atoms with E-state index < -0.39 is 23.3 Å². The zero-order valence-corrected chi connectivity index (χ0v) is 20.6. The van der Waals surface area contributed by atoms with Gasteiger partial charge in [0.05, 0.1) is 6.61 Å². The van der Waals surface area contributed by atoms with E-state index in [1.165, 1.54) is 19.3 Å². The summed E-state index contributed by atoms with van der Waals surface area (Å²) in [4.78, 5) is 0. The molecule has 0 saturated heterocycles. The molecule has 188 valence electrons. The van der Waals surface area contributed by atoms with E-state index in [1.54, 1.807) is 31.2 Å². The van der Waals surface area contributed by atoms with Gasteiger partial charge < -0.3 is 4.74 Å². The van der Waals surface area contributed by atoms with Crippen LogP contribution in [0.4, 0.5) is 17.6 Å². The van der Waals surface area contributed by atoms with Crippen molar-refractivity contribution in [1.29, 1.82) is 0 Å². The molecule has 1 aliphatic carbocycles. The molecule has 34 heavy (non-hydrogen) atoms. The van der Waals surface area contributed by atoms with Crippen LogP contribution in [-0.4, -0.2) is 6.61 Å². The zero-order valence-electron chi connectivity index (χ0n) is 20.6. The maximum absolute atomic E-state index is 14.8. The number of hydrogen-bond donors (Lipinski definition) is 0. The summed E-state index contributed by atoms with van der Waals surface area (Å²) in [5.41, 5.74) is 1.15. The van der Waals surface area contributed by atoms with Gasteiger partial charge in [0.25, 0.3) is 0 Å². The van der Waals surface area contributed by atoms with E-state index in [-0.39, 0.29) is 11.7 Å². The van der Waals surface area contributed by atoms with Gasteiger partial charge in [0.15, 0.2) is 23.2 Å². The minimum Gasteiger partial charge on any atom is -0.490 e. The van der Waals surface area contributed by atoms with Gasteiger partial charge in [0.2, 0.25) is 5.82 Å². The molecular formula is C29H38F4O. The molecular weight excluding hydrogens is 440 g/mol. The van der Waals surface area contributed by atoms with Crippen LogP contribution in [0.15, 0.2) is 24.3 Å². The maximum atomic E-state index is 14.8. The highest BCUT2D eigenvalue weighted by atomic mass is 19.2. The highest BCUT2D eigenvalue weighted by Crippen LogP contribution is 2.40. The third-order valence-corrected chi connectivity index (χ3v) is 7.30. The van der Waals surface area contributed by atoms with Gasteiger partial charge in [-0.05, 0) is 86.5 Å². The Bertz CT molecular complexity index is 919. The van der Waals surface area contributed by atoms with Gasteiger partial charge in [-0.15, -0.1) is 0 Å². The average Bonchev–Trinajstić information content (AvgIpc) is 2.84. The van der Waals surface area contributed by atoms with E-state index in [9.17, 15) is 17.6 Å². The minimum atomic E-state index is -0.887. The first-order valence-corrected chi connectivity index (χ1v) is 13.0. The van der Waals surface area contributed by atoms with Crippen molar-refractivity contribution < 1.29 is 22.3 Å². The van der Waals surface area contributed by atoms with E-state index in [0.29, 0.717) is 35.6 Å². The molecule has 0 spiro atoms. The van der Waals surface area contributed by atoms with Crippen LogP contribution in [0.25, 0.3) is 0 Å². The monoisotopic (exact) mass is 478 g/mol. The number of hydrogen-bond acceptors (Lipinski definition) is 1. The number of benzene rings is 2. The Kier molecular flexibility index (Phi) is 10.3. The summed E-state index contributed by atoms with van der Waals surface area (Å²) in [7, 11) is 0. The van der Waals surface area contributed by atoms with E-state index >= 15 is 0 Å². The van der Waals surface area contributed by atoms with Crippen LogP contribution >= 0.6 is 0 Å². The van der Waals surface area contributed by atoms with Gasteiger partial charge in [-0.3, -0.25) is 0 Å². The molecule has 0 heterocycles. The van der Waals surface area contributed by atoms with Crippen molar-refractivity contribution in [2.45, 2.75) is 96.8 Å². The second-order valence-corrected chi connectivity index (χ2v) is 9.82. The molecule has 1 fully saturated rings. The van der Waals surface area contributed by atoms with Crippen molar-refractivity contribution in [2.24, 2.45) is 5.92 Å². The molecule has 0 radical (unpaired) electrons. The molecule has 0 aliphatic heterocycles. The molecule has 2 aromatic carbocycles. The van der Waals surface area contributed by atoms with Crippen molar-refractivity contribution in [3.05, 3.63) is 64.2 Å². The lowest BCUT2D eigenvalue weighted by Crippen LogP contribution is -2.16. The van der Waals surface area contributed by atoms with E-state index in [1.807, 2.05) is 0 Å². The third-order valence-electron chi connectivity index (χ3n) is 7.30. The minimum absolute atomic E-state index is 0.00384. The fourth-order valence-corrected chi connectivity index (χ4v) is 5.04. The van der Waals surface area contributed by atoms with Crippen molar-refractivity contribution in [3.63, 3.8) is 0 Å². The molecule has 0 bridgehead atoms. The lowest BCUT2D eigenvalue weighted by atomic mass is 9.76. The standard InChI is InChI=1S/C29H38F4O/c1-3-4-5-6-7-8-19-34-25-18-17-24(28(32)29(25)33)22-14-10-21(11-15-22)12-16-23-13-9-20(2)26(30)27(23)31/h9,13,17-18,21-22H,3-8,10-12,14-16,19H2,1-2H3. The Balaban J connectivity index is 1.46. The van der Waals surface area contributed by atoms with Crippen LogP contribution in [-0.2, 0) is 6.42 Å². The van der Waals surface area contributed by atoms with Crippen molar-refractivity contribution in [2.75, 3.05) is 6.61 Å². The summed E-state index contributed by atoms with van der Waals surface area (Å²) in [6, 6.07) is 6.51. The topological polar surface area (TPSA) is 9.23 Å². The number of ether oxygens (including phenoxy) is 1. The second kappa shape index (κ2) is 13.2. The zero-order chi connectivity index (χ0) is 24.5. The maximum Gasteiger partial charge on any atom is 0.200 e. The molecule has 0 amide bonds. The Labute approximate surface area is 201 Å². The smallest absolute Gasteiger partial charge is 0.200 e. The molecule has 0 atom stereocenters. The normalized spacial score (nSPS) is 18.3. The summed E-state index contributed by atoms with van der Waals surface area (Å²) < 4.78 is 62.8. The first-order valence-electron chi connectivity index (χ1n) is 13.0. The van der Waals surface area contributed by atoms with Crippen molar-refractivity contribution >= 4 is 0 Å². The van der Waals surface area contributed by atoms with Gasteiger partial charge in [-0.25, -0.2) is 13.2 Å². The van der Waals surface area contributed by atoms with Crippen LogP contribution in [0.3, 0.4) is 0 Å². The molecule has 0 unspecified atom stereocenters. The molecule has 0 N–H and O–H groups in total. The summed E-state index contributed by atoms with van der Waals surface area (Å²) >= 11 is 0. The molecule has 3 rings (SSSR count). The quantitative estimate of drug-likeness (QED) is 0.218. The molecule has 2 aromatic rings. The van der Waals surface area contributed by atoms with Crippen LogP contribution in [0.5, 0.6) is 5.75 Å². The molecule has 1 aliphatic rings. The number of aryl methyl sites for hydroxylation is 2. The van der Waals surface area contributed by atoms with E-state index in [0.717, 1.165) is 51.4 Å². The first kappa shape index (κ1) is 26.6. The third kappa shape index (κ3) is 6.99. The number of unbranched alkanes of at least 4 members (excludes halogenated alkanes) is 5. The number of rotatable bonds is 12. The van der Waals surface area contributed by atoms with Gasteiger partial charge >= 0.3 is 0 Å². The largest absolute Gasteiger partial charge is 0.490 e. The predicted octanol–water partition coefficient (Wildman–Crippen LogP) is 9.20. The highest BCUT2D eigenvalue weighted by molar-refractivity contribution is 5.33. The summed E-state index contributed by atoms with van der Waals surface area (Å²) in [6.45, 7) is 4.13. The summed E-state index contributed by atoms with van der Waals surface area (Å²) in [6.07, 6.45) is 11.2. The van der Waals surface area contributed by atoms with Crippen LogP contribution in [0.1, 0.15) is 100 Å². The van der Waals surface area contributed by atoms with Gasteiger partial charge in [0, 0.05) is 0 Å². The average molecular weight is 479 g/mol. The van der Waals surface area contributed by atoms with Crippen LogP contribution < -0.4 is 4.74 Å². The highest BCUT2D eigenvalue weighted by Gasteiger charge is 2.27. The van der Waals surface area contributed by atoms with Crippen molar-refractivity contribution in [3.8, 4) is 5.75 Å². The Morgan fingerprint density at radius 1 is 0.765 bits per heavy atom. The molecule has 5 heteroatoms. The fourth-order valence-electron chi connectivity index (χ4n) is 5.04. The fraction of sp³-hybridized carbons (Fsp3) is 0.586. The Morgan fingerprint density at radius 2 is 1.47 bits per heavy atom. The first-order chi connectivity index (χ1) is 16.4. The summed E-state index contributed by atoms with van der Waals surface area (Å²) in [5, 5.41) is 0. The lowest BCUT2D eigenvalue weighted by molar-refractivity contribution is 0.280.